The minimum atomic E-state index is -0.751. The molecule has 0 aliphatic heterocycles. The third kappa shape index (κ3) is 5.92. The van der Waals surface area contributed by atoms with Crippen molar-refractivity contribution < 1.29 is 19.1 Å². The lowest BCUT2D eigenvalue weighted by atomic mass is 10.1. The van der Waals surface area contributed by atoms with E-state index < -0.39 is 23.9 Å². The molecule has 0 aliphatic carbocycles. The third-order valence-electron chi connectivity index (χ3n) is 4.75. The number of pyridine rings is 1. The number of aromatic nitrogens is 3. The van der Waals surface area contributed by atoms with Crippen LogP contribution in [-0.2, 0) is 4.74 Å². The Kier molecular flexibility index (Phi) is 8.36. The molecule has 2 N–H and O–H groups in total. The highest BCUT2D eigenvalue weighted by Crippen LogP contribution is 2.28. The monoisotopic (exact) mass is 582 g/mol. The van der Waals surface area contributed by atoms with E-state index >= 15 is 0 Å². The van der Waals surface area contributed by atoms with Gasteiger partial charge in [0, 0.05) is 17.3 Å². The van der Waals surface area contributed by atoms with E-state index in [-0.39, 0.29) is 32.8 Å². The van der Waals surface area contributed by atoms with Gasteiger partial charge in [-0.05, 0) is 66.5 Å². The van der Waals surface area contributed by atoms with Gasteiger partial charge in [0.05, 0.1) is 29.4 Å². The van der Waals surface area contributed by atoms with Gasteiger partial charge < -0.3 is 10.1 Å². The molecule has 3 aromatic rings. The van der Waals surface area contributed by atoms with Crippen LogP contribution in [0.4, 0.5) is 10.5 Å². The molecule has 3 rings (SSSR count). The average Bonchev–Trinajstić information content (AvgIpc) is 3.19. The molecule has 0 unspecified atom stereocenters. The van der Waals surface area contributed by atoms with Gasteiger partial charge in [-0.25, -0.2) is 19.5 Å². The molecule has 0 fully saturated rings. The molecule has 0 aliphatic rings. The number of amides is 3. The second-order valence-electron chi connectivity index (χ2n) is 7.55. The second-order valence-corrected chi connectivity index (χ2v) is 9.20. The van der Waals surface area contributed by atoms with Crippen molar-refractivity contribution in [1.29, 1.82) is 0 Å². The summed E-state index contributed by atoms with van der Waals surface area (Å²) in [7, 11) is 1.20. The molecule has 0 saturated carbocycles. The summed E-state index contributed by atoms with van der Waals surface area (Å²) < 4.78 is 6.38. The minimum absolute atomic E-state index is 0.0407. The van der Waals surface area contributed by atoms with Crippen LogP contribution in [0.1, 0.15) is 40.3 Å². The summed E-state index contributed by atoms with van der Waals surface area (Å²) in [5, 5.41) is 8.59. The van der Waals surface area contributed by atoms with E-state index in [4.69, 9.17) is 27.9 Å². The first-order valence-electron chi connectivity index (χ1n) is 10.2. The SMILES string of the molecule is COC(=O)N(NC(=O)c1cc(Cl)cc(C)c1NC(=O)c1cc(Br)nn1-c1ncccc1Cl)C(C)C. The molecule has 184 valence electrons. The van der Waals surface area contributed by atoms with Crippen molar-refractivity contribution >= 4 is 62.7 Å². The fraction of sp³-hybridized carbons (Fsp3) is 0.227. The summed E-state index contributed by atoms with van der Waals surface area (Å²) in [4.78, 5) is 42.7. The molecule has 0 spiro atoms. The number of halogens is 3. The van der Waals surface area contributed by atoms with Crippen LogP contribution in [-0.4, -0.2) is 50.8 Å². The zero-order valence-corrected chi connectivity index (χ0v) is 22.2. The van der Waals surface area contributed by atoms with E-state index in [9.17, 15) is 14.4 Å². The third-order valence-corrected chi connectivity index (χ3v) is 5.65. The predicted octanol–water partition coefficient (Wildman–Crippen LogP) is 5.02. The summed E-state index contributed by atoms with van der Waals surface area (Å²) in [6.45, 7) is 5.08. The normalized spacial score (nSPS) is 10.7. The molecule has 3 amide bonds. The molecule has 10 nitrogen and oxygen atoms in total. The Balaban J connectivity index is 1.99. The van der Waals surface area contributed by atoms with Gasteiger partial charge in [0.15, 0.2) is 5.82 Å². The standard InChI is InChI=1S/C22H21BrCl2N6O4/c1-11(2)30(22(34)35-4)29-20(32)14-9-13(24)8-12(3)18(14)27-21(33)16-10-17(23)28-31(16)19-15(25)6-5-7-26-19/h5-11H,1-4H3,(H,27,33)(H,29,32). The van der Waals surface area contributed by atoms with E-state index in [1.807, 2.05) is 0 Å². The molecule has 0 bridgehead atoms. The van der Waals surface area contributed by atoms with E-state index in [0.29, 0.717) is 10.2 Å². The van der Waals surface area contributed by atoms with Gasteiger partial charge in [0.2, 0.25) is 0 Å². The molecular formula is C22H21BrCl2N6O4. The number of hydrogen-bond donors (Lipinski definition) is 2. The topological polar surface area (TPSA) is 118 Å². The molecule has 13 heteroatoms. The Morgan fingerprint density at radius 2 is 1.89 bits per heavy atom. The first-order valence-corrected chi connectivity index (χ1v) is 11.7. The first-order chi connectivity index (χ1) is 16.5. The fourth-order valence-corrected chi connectivity index (χ4v) is 3.98. The number of anilines is 1. The van der Waals surface area contributed by atoms with Gasteiger partial charge in [0.25, 0.3) is 11.8 Å². The number of rotatable bonds is 5. The smallest absolute Gasteiger partial charge is 0.428 e. The minimum Gasteiger partial charge on any atom is -0.452 e. The highest BCUT2D eigenvalue weighted by molar-refractivity contribution is 9.10. The fourth-order valence-electron chi connectivity index (χ4n) is 3.13. The van der Waals surface area contributed by atoms with Crippen molar-refractivity contribution in [3.63, 3.8) is 0 Å². The largest absolute Gasteiger partial charge is 0.452 e. The molecular weight excluding hydrogens is 563 g/mol. The number of hydrazine groups is 1. The van der Waals surface area contributed by atoms with Crippen molar-refractivity contribution in [3.8, 4) is 5.82 Å². The summed E-state index contributed by atoms with van der Waals surface area (Å²) in [5.41, 5.74) is 3.36. The number of ether oxygens (including phenoxy) is 1. The van der Waals surface area contributed by atoms with Crippen LogP contribution in [0.5, 0.6) is 0 Å². The lowest BCUT2D eigenvalue weighted by molar-refractivity contribution is 0.0630. The number of nitrogens with one attached hydrogen (secondary N) is 2. The number of aryl methyl sites for hydroxylation is 1. The average molecular weight is 584 g/mol. The van der Waals surface area contributed by atoms with Crippen LogP contribution in [0, 0.1) is 6.92 Å². The number of carbonyl (C=O) groups excluding carboxylic acids is 3. The highest BCUT2D eigenvalue weighted by Gasteiger charge is 2.25. The summed E-state index contributed by atoms with van der Waals surface area (Å²) in [5.74, 6) is -1.01. The van der Waals surface area contributed by atoms with Crippen LogP contribution in [0.15, 0.2) is 41.1 Å². The number of benzene rings is 1. The van der Waals surface area contributed by atoms with Gasteiger partial charge in [-0.15, -0.1) is 0 Å². The quantitative estimate of drug-likeness (QED) is 0.407. The number of nitrogens with zero attached hydrogens (tertiary/aromatic N) is 4. The molecule has 0 radical (unpaired) electrons. The molecule has 2 aromatic heterocycles. The maximum Gasteiger partial charge on any atom is 0.428 e. The molecule has 2 heterocycles. The van der Waals surface area contributed by atoms with Crippen molar-refractivity contribution in [2.24, 2.45) is 0 Å². The van der Waals surface area contributed by atoms with Crippen molar-refractivity contribution in [2.45, 2.75) is 26.8 Å². The van der Waals surface area contributed by atoms with Gasteiger partial charge in [-0.3, -0.25) is 15.0 Å². The van der Waals surface area contributed by atoms with Gasteiger partial charge in [-0.1, -0.05) is 23.2 Å². The Hall–Kier alpha value is -3.15. The van der Waals surface area contributed by atoms with Crippen LogP contribution < -0.4 is 10.7 Å². The van der Waals surface area contributed by atoms with Gasteiger partial charge >= 0.3 is 6.09 Å². The molecule has 35 heavy (non-hydrogen) atoms. The van der Waals surface area contributed by atoms with Crippen molar-refractivity contribution in [2.75, 3.05) is 12.4 Å². The molecule has 0 saturated heterocycles. The number of carbonyl (C=O) groups is 3. The maximum atomic E-state index is 13.3. The van der Waals surface area contributed by atoms with E-state index in [1.54, 1.807) is 39.0 Å². The van der Waals surface area contributed by atoms with E-state index in [1.165, 1.54) is 30.1 Å². The van der Waals surface area contributed by atoms with Crippen LogP contribution in [0.2, 0.25) is 10.0 Å². The molecule has 0 atom stereocenters. The van der Waals surface area contributed by atoms with Crippen LogP contribution in [0.3, 0.4) is 0 Å². The summed E-state index contributed by atoms with van der Waals surface area (Å²) in [6.07, 6.45) is 0.769. The van der Waals surface area contributed by atoms with Crippen LogP contribution >= 0.6 is 39.1 Å². The predicted molar refractivity (Wildman–Crippen MR) is 135 cm³/mol. The zero-order chi connectivity index (χ0) is 25.9. The summed E-state index contributed by atoms with van der Waals surface area (Å²) >= 11 is 15.7. The van der Waals surface area contributed by atoms with Crippen molar-refractivity contribution in [1.82, 2.24) is 25.2 Å². The summed E-state index contributed by atoms with van der Waals surface area (Å²) in [6, 6.07) is 7.34. The van der Waals surface area contributed by atoms with E-state index in [2.05, 4.69) is 36.8 Å². The second kappa shape index (κ2) is 11.1. The number of hydrogen-bond acceptors (Lipinski definition) is 6. The Morgan fingerprint density at radius 1 is 1.17 bits per heavy atom. The Morgan fingerprint density at radius 3 is 2.51 bits per heavy atom. The first kappa shape index (κ1) is 26.5. The van der Waals surface area contributed by atoms with Crippen molar-refractivity contribution in [3.05, 3.63) is 68.0 Å². The number of methoxy groups -OCH3 is 1. The lowest BCUT2D eigenvalue weighted by Gasteiger charge is -2.26. The zero-order valence-electron chi connectivity index (χ0n) is 19.1. The lowest BCUT2D eigenvalue weighted by Crippen LogP contribution is -2.50. The van der Waals surface area contributed by atoms with Crippen LogP contribution in [0.25, 0.3) is 5.82 Å². The maximum absolute atomic E-state index is 13.3. The van der Waals surface area contributed by atoms with E-state index in [0.717, 1.165) is 5.01 Å². The molecule has 1 aromatic carbocycles. The van der Waals surface area contributed by atoms with Gasteiger partial charge in [0.1, 0.15) is 10.3 Å². The van der Waals surface area contributed by atoms with Gasteiger partial charge in [-0.2, -0.15) is 5.10 Å². The highest BCUT2D eigenvalue weighted by atomic mass is 79.9. The Bertz CT molecular complexity index is 1300. The Labute approximate surface area is 219 Å².